The highest BCUT2D eigenvalue weighted by molar-refractivity contribution is 7.10. The highest BCUT2D eigenvalue weighted by Gasteiger charge is 2.16. The van der Waals surface area contributed by atoms with E-state index in [1.165, 1.54) is 18.2 Å². The molecule has 0 bridgehead atoms. The van der Waals surface area contributed by atoms with Crippen LogP contribution in [0.3, 0.4) is 0 Å². The molecule has 0 radical (unpaired) electrons. The summed E-state index contributed by atoms with van der Waals surface area (Å²) < 4.78 is 14.8. The lowest BCUT2D eigenvalue weighted by molar-refractivity contribution is -0.116. The Hall–Kier alpha value is -2.73. The molecular weight excluding hydrogens is 325 g/mol. The zero-order chi connectivity index (χ0) is 16.9. The van der Waals surface area contributed by atoms with Crippen molar-refractivity contribution in [1.82, 2.24) is 15.1 Å². The lowest BCUT2D eigenvalue weighted by Gasteiger charge is -2.17. The Balaban J connectivity index is 1.78. The van der Waals surface area contributed by atoms with Gasteiger partial charge < -0.3 is 5.32 Å². The topological polar surface area (TPSA) is 46.9 Å². The quantitative estimate of drug-likeness (QED) is 0.722. The number of rotatable bonds is 5. The Morgan fingerprint density at radius 2 is 2.12 bits per heavy atom. The van der Waals surface area contributed by atoms with E-state index in [0.717, 1.165) is 16.0 Å². The molecule has 24 heavy (non-hydrogen) atoms. The van der Waals surface area contributed by atoms with Gasteiger partial charge in [-0.3, -0.25) is 9.48 Å². The molecule has 0 aliphatic rings. The summed E-state index contributed by atoms with van der Waals surface area (Å²) >= 11 is 1.54. The summed E-state index contributed by atoms with van der Waals surface area (Å²) in [6.45, 7) is 0. The molecule has 122 valence electrons. The number of aryl methyl sites for hydroxylation is 1. The third-order valence-electron chi connectivity index (χ3n) is 3.47. The lowest BCUT2D eigenvalue weighted by Crippen LogP contribution is -2.27. The molecule has 1 unspecified atom stereocenters. The van der Waals surface area contributed by atoms with Crippen LogP contribution in [0.4, 0.5) is 4.39 Å². The van der Waals surface area contributed by atoms with Crippen molar-refractivity contribution in [3.63, 3.8) is 0 Å². The first-order valence-electron chi connectivity index (χ1n) is 7.38. The van der Waals surface area contributed by atoms with E-state index in [0.29, 0.717) is 0 Å². The van der Waals surface area contributed by atoms with Crippen molar-refractivity contribution in [3.8, 4) is 0 Å². The summed E-state index contributed by atoms with van der Waals surface area (Å²) in [6, 6.07) is 9.73. The van der Waals surface area contributed by atoms with Gasteiger partial charge in [-0.2, -0.15) is 5.10 Å². The molecule has 0 spiro atoms. The number of amides is 1. The van der Waals surface area contributed by atoms with Crippen molar-refractivity contribution in [1.29, 1.82) is 0 Å². The highest BCUT2D eigenvalue weighted by Crippen LogP contribution is 2.26. The van der Waals surface area contributed by atoms with Crippen molar-refractivity contribution in [2.45, 2.75) is 6.04 Å². The molecule has 2 heterocycles. The van der Waals surface area contributed by atoms with Gasteiger partial charge in [0.05, 0.1) is 12.2 Å². The third kappa shape index (κ3) is 3.97. The molecule has 6 heteroatoms. The fourth-order valence-electron chi connectivity index (χ4n) is 2.32. The van der Waals surface area contributed by atoms with Crippen LogP contribution in [-0.2, 0) is 11.8 Å². The average Bonchev–Trinajstić information content (AvgIpc) is 3.23. The summed E-state index contributed by atoms with van der Waals surface area (Å²) in [5, 5.41) is 8.97. The first kappa shape index (κ1) is 16.1. The first-order chi connectivity index (χ1) is 11.6. The fraction of sp³-hybridized carbons (Fsp3) is 0.111. The molecule has 1 amide bonds. The Morgan fingerprint density at radius 1 is 1.33 bits per heavy atom. The number of hydrogen-bond acceptors (Lipinski definition) is 3. The van der Waals surface area contributed by atoms with E-state index in [2.05, 4.69) is 10.4 Å². The molecule has 4 nitrogen and oxygen atoms in total. The van der Waals surface area contributed by atoms with Crippen molar-refractivity contribution < 1.29 is 9.18 Å². The van der Waals surface area contributed by atoms with Gasteiger partial charge in [0.2, 0.25) is 5.91 Å². The second-order valence-corrected chi connectivity index (χ2v) is 6.27. The molecular formula is C18H16FN3OS. The SMILES string of the molecule is Cn1cc(/C=C/C(=O)NC(c2ccc(F)cc2)c2cccs2)cn1. The van der Waals surface area contributed by atoms with Gasteiger partial charge in [0, 0.05) is 29.8 Å². The molecule has 0 aliphatic heterocycles. The summed E-state index contributed by atoms with van der Waals surface area (Å²) in [5.74, 6) is -0.520. The Morgan fingerprint density at radius 3 is 2.75 bits per heavy atom. The van der Waals surface area contributed by atoms with Crippen LogP contribution in [0.2, 0.25) is 0 Å². The van der Waals surface area contributed by atoms with Crippen molar-refractivity contribution in [2.24, 2.45) is 7.05 Å². The van der Waals surface area contributed by atoms with Crippen LogP contribution in [0.5, 0.6) is 0 Å². The van der Waals surface area contributed by atoms with Crippen LogP contribution in [0, 0.1) is 5.82 Å². The third-order valence-corrected chi connectivity index (χ3v) is 4.41. The number of thiophene rings is 1. The standard InChI is InChI=1S/C18H16FN3OS/c1-22-12-13(11-20-22)4-9-17(23)21-18(16-3-2-10-24-16)14-5-7-15(19)8-6-14/h2-12,18H,1H3,(H,21,23)/b9-4+. The van der Waals surface area contributed by atoms with E-state index in [1.807, 2.05) is 30.8 Å². The smallest absolute Gasteiger partial charge is 0.244 e. The van der Waals surface area contributed by atoms with Gasteiger partial charge >= 0.3 is 0 Å². The number of halogens is 1. The maximum atomic E-state index is 13.2. The Labute approximate surface area is 143 Å². The summed E-state index contributed by atoms with van der Waals surface area (Å²) in [4.78, 5) is 13.3. The molecule has 3 aromatic rings. The molecule has 2 aromatic heterocycles. The maximum Gasteiger partial charge on any atom is 0.244 e. The van der Waals surface area contributed by atoms with Gasteiger partial charge in [0.1, 0.15) is 5.82 Å². The van der Waals surface area contributed by atoms with E-state index in [9.17, 15) is 9.18 Å². The number of nitrogens with one attached hydrogen (secondary N) is 1. The van der Waals surface area contributed by atoms with Crippen molar-refractivity contribution >= 4 is 23.3 Å². The predicted molar refractivity (Wildman–Crippen MR) is 92.9 cm³/mol. The van der Waals surface area contributed by atoms with Gasteiger partial charge in [-0.05, 0) is 35.2 Å². The first-order valence-corrected chi connectivity index (χ1v) is 8.26. The predicted octanol–water partition coefficient (Wildman–Crippen LogP) is 3.54. The molecule has 1 aromatic carbocycles. The van der Waals surface area contributed by atoms with E-state index < -0.39 is 0 Å². The van der Waals surface area contributed by atoms with Crippen LogP contribution in [0.1, 0.15) is 22.0 Å². The number of nitrogens with zero attached hydrogens (tertiary/aromatic N) is 2. The fourth-order valence-corrected chi connectivity index (χ4v) is 3.12. The Bertz CT molecular complexity index is 838. The van der Waals surface area contributed by atoms with E-state index in [-0.39, 0.29) is 17.8 Å². The molecule has 0 saturated carbocycles. The highest BCUT2D eigenvalue weighted by atomic mass is 32.1. The number of aromatic nitrogens is 2. The molecule has 3 rings (SSSR count). The van der Waals surface area contributed by atoms with Crippen LogP contribution >= 0.6 is 11.3 Å². The van der Waals surface area contributed by atoms with Gasteiger partial charge in [0.25, 0.3) is 0 Å². The lowest BCUT2D eigenvalue weighted by atomic mass is 10.1. The summed E-state index contributed by atoms with van der Waals surface area (Å²) in [7, 11) is 1.82. The second kappa shape index (κ2) is 7.23. The van der Waals surface area contributed by atoms with Crippen LogP contribution in [0.25, 0.3) is 6.08 Å². The number of carbonyl (C=O) groups excluding carboxylic acids is 1. The van der Waals surface area contributed by atoms with Crippen LogP contribution in [-0.4, -0.2) is 15.7 Å². The minimum Gasteiger partial charge on any atom is -0.341 e. The molecule has 1 N–H and O–H groups in total. The second-order valence-electron chi connectivity index (χ2n) is 5.29. The van der Waals surface area contributed by atoms with Gasteiger partial charge in [-0.1, -0.05) is 18.2 Å². The number of carbonyl (C=O) groups is 1. The number of benzene rings is 1. The van der Waals surface area contributed by atoms with E-state index >= 15 is 0 Å². The summed E-state index contributed by atoms with van der Waals surface area (Å²) in [6.07, 6.45) is 6.68. The molecule has 0 fully saturated rings. The molecule has 1 atom stereocenters. The minimum atomic E-state index is -0.309. The van der Waals surface area contributed by atoms with Crippen molar-refractivity contribution in [3.05, 3.63) is 82.1 Å². The van der Waals surface area contributed by atoms with Crippen LogP contribution in [0.15, 0.2) is 60.2 Å². The monoisotopic (exact) mass is 341 g/mol. The van der Waals surface area contributed by atoms with Gasteiger partial charge in [0.15, 0.2) is 0 Å². The average molecular weight is 341 g/mol. The minimum absolute atomic E-state index is 0.221. The summed E-state index contributed by atoms with van der Waals surface area (Å²) in [5.41, 5.74) is 1.68. The van der Waals surface area contributed by atoms with Crippen LogP contribution < -0.4 is 5.32 Å². The maximum absolute atomic E-state index is 13.2. The van der Waals surface area contributed by atoms with Gasteiger partial charge in [-0.25, -0.2) is 4.39 Å². The van der Waals surface area contributed by atoms with E-state index in [4.69, 9.17) is 0 Å². The van der Waals surface area contributed by atoms with Crippen molar-refractivity contribution in [2.75, 3.05) is 0 Å². The molecule has 0 aliphatic carbocycles. The van der Waals surface area contributed by atoms with E-state index in [1.54, 1.807) is 40.4 Å². The zero-order valence-electron chi connectivity index (χ0n) is 13.0. The van der Waals surface area contributed by atoms with Gasteiger partial charge in [-0.15, -0.1) is 11.3 Å². The normalized spacial score (nSPS) is 12.4. The number of hydrogen-bond donors (Lipinski definition) is 1. The Kier molecular flexibility index (Phi) is 4.86. The largest absolute Gasteiger partial charge is 0.341 e. The zero-order valence-corrected chi connectivity index (χ0v) is 13.8. The molecule has 0 saturated heterocycles.